The molecule has 7 heteroatoms. The molecular weight excluding hydrogens is 372 g/mol. The van der Waals surface area contributed by atoms with Gasteiger partial charge in [-0.2, -0.15) is 5.10 Å². The molecule has 0 unspecified atom stereocenters. The lowest BCUT2D eigenvalue weighted by Gasteiger charge is -2.38. The van der Waals surface area contributed by atoms with Gasteiger partial charge in [-0.25, -0.2) is 0 Å². The lowest BCUT2D eigenvalue weighted by Crippen LogP contribution is -2.44. The SMILES string of the molecule is Cn1cc(-c2ccc(N3CCC(N4CCc5c(Cl)cccc54)CC3)nn2)cn1. The fraction of sp³-hybridized carbons (Fsp3) is 0.381. The number of rotatable bonds is 3. The van der Waals surface area contributed by atoms with E-state index in [9.17, 15) is 0 Å². The smallest absolute Gasteiger partial charge is 0.151 e. The summed E-state index contributed by atoms with van der Waals surface area (Å²) in [4.78, 5) is 4.89. The van der Waals surface area contributed by atoms with Crippen LogP contribution in [0, 0.1) is 0 Å². The predicted octanol–water partition coefficient (Wildman–Crippen LogP) is 3.56. The van der Waals surface area contributed by atoms with Crippen LogP contribution in [0.3, 0.4) is 0 Å². The Morgan fingerprint density at radius 1 is 1.04 bits per heavy atom. The van der Waals surface area contributed by atoms with Gasteiger partial charge in [0.1, 0.15) is 0 Å². The summed E-state index contributed by atoms with van der Waals surface area (Å²) >= 11 is 6.38. The molecule has 5 rings (SSSR count). The van der Waals surface area contributed by atoms with E-state index in [2.05, 4.69) is 43.3 Å². The van der Waals surface area contributed by atoms with Gasteiger partial charge >= 0.3 is 0 Å². The second kappa shape index (κ2) is 7.09. The van der Waals surface area contributed by atoms with E-state index in [-0.39, 0.29) is 0 Å². The summed E-state index contributed by atoms with van der Waals surface area (Å²) in [5.74, 6) is 0.955. The molecule has 0 amide bonds. The van der Waals surface area contributed by atoms with E-state index in [0.29, 0.717) is 6.04 Å². The van der Waals surface area contributed by atoms with Crippen LogP contribution in [0.15, 0.2) is 42.7 Å². The summed E-state index contributed by atoms with van der Waals surface area (Å²) in [5, 5.41) is 14.0. The number of hydrogen-bond acceptors (Lipinski definition) is 5. The molecule has 0 bridgehead atoms. The molecule has 4 heterocycles. The predicted molar refractivity (Wildman–Crippen MR) is 112 cm³/mol. The lowest BCUT2D eigenvalue weighted by atomic mass is 10.0. The first-order valence-corrected chi connectivity index (χ1v) is 10.2. The number of aryl methyl sites for hydroxylation is 1. The molecule has 2 aliphatic heterocycles. The molecule has 1 fully saturated rings. The van der Waals surface area contributed by atoms with Crippen molar-refractivity contribution >= 4 is 23.1 Å². The van der Waals surface area contributed by atoms with Crippen molar-refractivity contribution in [2.24, 2.45) is 7.05 Å². The molecule has 0 aliphatic carbocycles. The minimum absolute atomic E-state index is 0.568. The number of anilines is 2. The van der Waals surface area contributed by atoms with E-state index in [0.717, 1.165) is 61.0 Å². The lowest BCUT2D eigenvalue weighted by molar-refractivity contribution is 0.469. The molecule has 2 aliphatic rings. The van der Waals surface area contributed by atoms with E-state index < -0.39 is 0 Å². The molecule has 2 aromatic heterocycles. The highest BCUT2D eigenvalue weighted by Crippen LogP contribution is 2.36. The molecule has 0 radical (unpaired) electrons. The first kappa shape index (κ1) is 17.5. The number of aromatic nitrogens is 4. The Morgan fingerprint density at radius 2 is 1.89 bits per heavy atom. The summed E-state index contributed by atoms with van der Waals surface area (Å²) in [6, 6.07) is 10.9. The molecule has 28 heavy (non-hydrogen) atoms. The summed E-state index contributed by atoms with van der Waals surface area (Å²) in [6.07, 6.45) is 7.07. The van der Waals surface area contributed by atoms with Crippen molar-refractivity contribution in [3.05, 3.63) is 53.3 Å². The van der Waals surface area contributed by atoms with Crippen LogP contribution in [0.2, 0.25) is 5.02 Å². The third-order valence-corrected chi connectivity index (χ3v) is 6.24. The van der Waals surface area contributed by atoms with Crippen LogP contribution in [-0.2, 0) is 13.5 Å². The number of benzene rings is 1. The number of nitrogens with zero attached hydrogens (tertiary/aromatic N) is 6. The van der Waals surface area contributed by atoms with Crippen molar-refractivity contribution in [1.82, 2.24) is 20.0 Å². The van der Waals surface area contributed by atoms with Gasteiger partial charge in [-0.05, 0) is 49.1 Å². The van der Waals surface area contributed by atoms with Crippen molar-refractivity contribution < 1.29 is 0 Å². The largest absolute Gasteiger partial charge is 0.368 e. The molecule has 1 aromatic carbocycles. The maximum atomic E-state index is 6.38. The summed E-state index contributed by atoms with van der Waals surface area (Å²) < 4.78 is 1.78. The van der Waals surface area contributed by atoms with Crippen LogP contribution in [0.5, 0.6) is 0 Å². The maximum absolute atomic E-state index is 6.38. The Bertz CT molecular complexity index is 975. The molecule has 1 saturated heterocycles. The summed E-state index contributed by atoms with van der Waals surface area (Å²) in [5.41, 5.74) is 4.49. The van der Waals surface area contributed by atoms with Gasteiger partial charge in [0, 0.05) is 55.2 Å². The summed E-state index contributed by atoms with van der Waals surface area (Å²) in [7, 11) is 1.90. The van der Waals surface area contributed by atoms with E-state index in [1.807, 2.05) is 31.6 Å². The highest BCUT2D eigenvalue weighted by molar-refractivity contribution is 6.31. The quantitative estimate of drug-likeness (QED) is 0.679. The zero-order valence-corrected chi connectivity index (χ0v) is 16.7. The van der Waals surface area contributed by atoms with Crippen LogP contribution in [-0.4, -0.2) is 45.7 Å². The van der Waals surface area contributed by atoms with Crippen LogP contribution in [0.1, 0.15) is 18.4 Å². The second-order valence-corrected chi connectivity index (χ2v) is 7.99. The van der Waals surface area contributed by atoms with Gasteiger partial charge in [-0.15, -0.1) is 10.2 Å². The van der Waals surface area contributed by atoms with Crippen molar-refractivity contribution in [3.63, 3.8) is 0 Å². The molecular formula is C21H23ClN6. The average Bonchev–Trinajstić information content (AvgIpc) is 3.36. The van der Waals surface area contributed by atoms with Crippen LogP contribution in [0.25, 0.3) is 11.3 Å². The zero-order chi connectivity index (χ0) is 19.1. The van der Waals surface area contributed by atoms with Gasteiger partial charge in [0.15, 0.2) is 5.82 Å². The van der Waals surface area contributed by atoms with Crippen molar-refractivity contribution in [1.29, 1.82) is 0 Å². The first-order chi connectivity index (χ1) is 13.7. The minimum atomic E-state index is 0.568. The topological polar surface area (TPSA) is 50.1 Å². The number of halogens is 1. The Morgan fingerprint density at radius 3 is 2.61 bits per heavy atom. The minimum Gasteiger partial charge on any atom is -0.368 e. The standard InChI is InChI=1S/C21H23ClN6/c1-26-14-15(13-23-26)19-5-6-21(25-24-19)27-10-7-16(8-11-27)28-12-9-17-18(22)3-2-4-20(17)28/h2-6,13-14,16H,7-12H2,1H3. The molecule has 0 N–H and O–H groups in total. The van der Waals surface area contributed by atoms with Crippen molar-refractivity contribution in [3.8, 4) is 11.3 Å². The Kier molecular flexibility index (Phi) is 4.43. The first-order valence-electron chi connectivity index (χ1n) is 9.81. The normalized spacial score (nSPS) is 17.2. The Labute approximate surface area is 169 Å². The molecule has 0 saturated carbocycles. The molecule has 0 atom stereocenters. The number of fused-ring (bicyclic) bond motifs is 1. The van der Waals surface area contributed by atoms with Gasteiger partial charge < -0.3 is 9.80 Å². The van der Waals surface area contributed by atoms with Gasteiger partial charge in [-0.1, -0.05) is 17.7 Å². The van der Waals surface area contributed by atoms with E-state index in [1.165, 1.54) is 11.3 Å². The van der Waals surface area contributed by atoms with E-state index >= 15 is 0 Å². The van der Waals surface area contributed by atoms with Crippen LogP contribution in [0.4, 0.5) is 11.5 Å². The van der Waals surface area contributed by atoms with Crippen molar-refractivity contribution in [2.45, 2.75) is 25.3 Å². The fourth-order valence-corrected chi connectivity index (χ4v) is 4.67. The number of piperidine rings is 1. The van der Waals surface area contributed by atoms with Crippen LogP contribution >= 0.6 is 11.6 Å². The third-order valence-electron chi connectivity index (χ3n) is 5.89. The molecule has 6 nitrogen and oxygen atoms in total. The second-order valence-electron chi connectivity index (χ2n) is 7.58. The Hall–Kier alpha value is -2.60. The van der Waals surface area contributed by atoms with Gasteiger partial charge in [0.05, 0.1) is 11.9 Å². The van der Waals surface area contributed by atoms with Crippen molar-refractivity contribution in [2.75, 3.05) is 29.4 Å². The molecule has 0 spiro atoms. The molecule has 3 aromatic rings. The van der Waals surface area contributed by atoms with E-state index in [4.69, 9.17) is 11.6 Å². The van der Waals surface area contributed by atoms with E-state index in [1.54, 1.807) is 4.68 Å². The zero-order valence-electron chi connectivity index (χ0n) is 15.9. The van der Waals surface area contributed by atoms with Crippen LogP contribution < -0.4 is 9.80 Å². The third kappa shape index (κ3) is 3.11. The number of hydrogen-bond donors (Lipinski definition) is 0. The van der Waals surface area contributed by atoms with Gasteiger partial charge in [0.25, 0.3) is 0 Å². The van der Waals surface area contributed by atoms with Gasteiger partial charge in [-0.3, -0.25) is 4.68 Å². The summed E-state index contributed by atoms with van der Waals surface area (Å²) in [6.45, 7) is 3.07. The maximum Gasteiger partial charge on any atom is 0.151 e. The highest BCUT2D eigenvalue weighted by Gasteiger charge is 2.30. The molecule has 144 valence electrons. The average molecular weight is 395 g/mol. The monoisotopic (exact) mass is 394 g/mol. The van der Waals surface area contributed by atoms with Gasteiger partial charge in [0.2, 0.25) is 0 Å². The highest BCUT2D eigenvalue weighted by atomic mass is 35.5. The Balaban J connectivity index is 1.25. The fourth-order valence-electron chi connectivity index (χ4n) is 4.40.